The number of rotatable bonds is 6. The number of likely N-dealkylation sites (N-methyl/N-ethyl adjacent to an activating group) is 1. The molecule has 0 aliphatic heterocycles. The number of halogens is 1. The molecule has 1 aromatic carbocycles. The summed E-state index contributed by atoms with van der Waals surface area (Å²) >= 11 is 5.98. The van der Waals surface area contributed by atoms with Crippen molar-refractivity contribution in [1.82, 2.24) is 14.3 Å². The van der Waals surface area contributed by atoms with E-state index in [9.17, 15) is 14.4 Å². The first-order valence-electron chi connectivity index (χ1n) is 8.33. The number of pyridine rings is 1. The molecule has 0 aliphatic carbocycles. The highest BCUT2D eigenvalue weighted by atomic mass is 35.5. The maximum absolute atomic E-state index is 12.1. The van der Waals surface area contributed by atoms with Gasteiger partial charge in [0.25, 0.3) is 5.91 Å². The van der Waals surface area contributed by atoms with E-state index in [1.807, 2.05) is 0 Å². The Labute approximate surface area is 165 Å². The van der Waals surface area contributed by atoms with Gasteiger partial charge in [-0.15, -0.1) is 0 Å². The Balaban J connectivity index is 1.50. The van der Waals surface area contributed by atoms with E-state index in [1.165, 1.54) is 13.2 Å². The predicted molar refractivity (Wildman–Crippen MR) is 103 cm³/mol. The monoisotopic (exact) mass is 400 g/mol. The maximum atomic E-state index is 12.1. The number of imidazole rings is 1. The van der Waals surface area contributed by atoms with Crippen LogP contribution in [0.4, 0.5) is 5.69 Å². The van der Waals surface area contributed by atoms with Gasteiger partial charge in [0, 0.05) is 19.4 Å². The van der Waals surface area contributed by atoms with E-state index in [1.54, 1.807) is 53.1 Å². The Kier molecular flexibility index (Phi) is 5.90. The van der Waals surface area contributed by atoms with Crippen molar-refractivity contribution >= 4 is 40.7 Å². The fraction of sp³-hybridized carbons (Fsp3) is 0.158. The first-order valence-corrected chi connectivity index (χ1v) is 8.71. The number of para-hydroxylation sites is 1. The molecule has 8 nitrogen and oxygen atoms in total. The molecule has 0 unspecified atom stereocenters. The van der Waals surface area contributed by atoms with Crippen LogP contribution in [0.2, 0.25) is 5.02 Å². The standard InChI is InChI=1S/C19H17ClN4O4/c1-23(11-17(25)22-14-7-3-2-6-13(14)20)18(26)12-28-19(27)15-10-24-9-5-4-8-16(24)21-15/h2-10H,11-12H2,1H3,(H,22,25). The first-order chi connectivity index (χ1) is 13.4. The summed E-state index contributed by atoms with van der Waals surface area (Å²) in [5, 5.41) is 3.01. The number of nitrogens with one attached hydrogen (secondary N) is 1. The highest BCUT2D eigenvalue weighted by molar-refractivity contribution is 6.33. The Bertz CT molecular complexity index is 1000. The molecule has 0 saturated carbocycles. The lowest BCUT2D eigenvalue weighted by molar-refractivity contribution is -0.136. The topological polar surface area (TPSA) is 93.0 Å². The van der Waals surface area contributed by atoms with Crippen LogP contribution in [-0.4, -0.2) is 52.3 Å². The average molecular weight is 401 g/mol. The number of carbonyl (C=O) groups is 3. The number of carbonyl (C=O) groups excluding carboxylic acids is 3. The van der Waals surface area contributed by atoms with Crippen LogP contribution in [0.25, 0.3) is 5.65 Å². The number of fused-ring (bicyclic) bond motifs is 1. The van der Waals surface area contributed by atoms with Crippen LogP contribution in [0.1, 0.15) is 10.5 Å². The summed E-state index contributed by atoms with van der Waals surface area (Å²) in [5.41, 5.74) is 1.14. The summed E-state index contributed by atoms with van der Waals surface area (Å²) < 4.78 is 6.67. The third-order valence-electron chi connectivity index (χ3n) is 3.85. The van der Waals surface area contributed by atoms with E-state index >= 15 is 0 Å². The number of amides is 2. The number of benzene rings is 1. The molecule has 3 aromatic rings. The lowest BCUT2D eigenvalue weighted by atomic mass is 10.3. The molecule has 0 fully saturated rings. The molecule has 0 bridgehead atoms. The quantitative estimate of drug-likeness (QED) is 0.640. The minimum Gasteiger partial charge on any atom is -0.451 e. The number of hydrogen-bond donors (Lipinski definition) is 1. The van der Waals surface area contributed by atoms with Gasteiger partial charge < -0.3 is 19.4 Å². The molecule has 28 heavy (non-hydrogen) atoms. The minimum atomic E-state index is -0.717. The van der Waals surface area contributed by atoms with Crippen molar-refractivity contribution in [3.8, 4) is 0 Å². The number of aromatic nitrogens is 2. The third-order valence-corrected chi connectivity index (χ3v) is 4.18. The van der Waals surface area contributed by atoms with Gasteiger partial charge in [-0.05, 0) is 24.3 Å². The zero-order valence-electron chi connectivity index (χ0n) is 15.0. The van der Waals surface area contributed by atoms with Gasteiger partial charge >= 0.3 is 5.97 Å². The van der Waals surface area contributed by atoms with Gasteiger partial charge in [-0.3, -0.25) is 9.59 Å². The van der Waals surface area contributed by atoms with Gasteiger partial charge in [-0.25, -0.2) is 9.78 Å². The van der Waals surface area contributed by atoms with Gasteiger partial charge in [-0.2, -0.15) is 0 Å². The number of ether oxygens (including phenoxy) is 1. The van der Waals surface area contributed by atoms with E-state index in [4.69, 9.17) is 16.3 Å². The third kappa shape index (κ3) is 4.66. The highest BCUT2D eigenvalue weighted by Crippen LogP contribution is 2.20. The van der Waals surface area contributed by atoms with Gasteiger partial charge in [0.1, 0.15) is 5.65 Å². The van der Waals surface area contributed by atoms with Gasteiger partial charge in [0.2, 0.25) is 5.91 Å². The molecule has 0 spiro atoms. The molecule has 2 amide bonds. The Morgan fingerprint density at radius 3 is 2.68 bits per heavy atom. The van der Waals surface area contributed by atoms with E-state index in [-0.39, 0.29) is 12.2 Å². The summed E-state index contributed by atoms with van der Waals surface area (Å²) in [4.78, 5) is 41.5. The largest absolute Gasteiger partial charge is 0.451 e. The van der Waals surface area contributed by atoms with E-state index in [0.29, 0.717) is 16.4 Å². The van der Waals surface area contributed by atoms with Crippen LogP contribution in [0, 0.1) is 0 Å². The van der Waals surface area contributed by atoms with Crippen LogP contribution in [0.3, 0.4) is 0 Å². The first kappa shape index (κ1) is 19.4. The fourth-order valence-electron chi connectivity index (χ4n) is 2.40. The SMILES string of the molecule is CN(CC(=O)Nc1ccccc1Cl)C(=O)COC(=O)c1cn2ccccc2n1. The van der Waals surface area contributed by atoms with Crippen molar-refractivity contribution in [3.05, 3.63) is 65.6 Å². The van der Waals surface area contributed by atoms with Crippen molar-refractivity contribution in [3.63, 3.8) is 0 Å². The van der Waals surface area contributed by atoms with Crippen LogP contribution < -0.4 is 5.32 Å². The zero-order chi connectivity index (χ0) is 20.1. The Morgan fingerprint density at radius 1 is 1.18 bits per heavy atom. The Morgan fingerprint density at radius 2 is 1.93 bits per heavy atom. The summed E-state index contributed by atoms with van der Waals surface area (Å²) in [7, 11) is 1.44. The summed E-state index contributed by atoms with van der Waals surface area (Å²) in [5.74, 6) is -1.66. The second kappa shape index (κ2) is 8.53. The van der Waals surface area contributed by atoms with Crippen LogP contribution in [-0.2, 0) is 14.3 Å². The fourth-order valence-corrected chi connectivity index (χ4v) is 2.58. The average Bonchev–Trinajstić information content (AvgIpc) is 3.12. The molecule has 0 radical (unpaired) electrons. The van der Waals surface area contributed by atoms with Crippen LogP contribution in [0.5, 0.6) is 0 Å². The molecule has 0 saturated heterocycles. The second-order valence-electron chi connectivity index (χ2n) is 5.95. The molecular formula is C19H17ClN4O4. The minimum absolute atomic E-state index is 0.0955. The van der Waals surface area contributed by atoms with Crippen molar-refractivity contribution in [1.29, 1.82) is 0 Å². The van der Waals surface area contributed by atoms with Crippen molar-refractivity contribution < 1.29 is 19.1 Å². The predicted octanol–water partition coefficient (Wildman–Crippen LogP) is 2.24. The molecule has 1 N–H and O–H groups in total. The van der Waals surface area contributed by atoms with Crippen LogP contribution >= 0.6 is 11.6 Å². The highest BCUT2D eigenvalue weighted by Gasteiger charge is 2.18. The molecule has 9 heteroatoms. The Hall–Kier alpha value is -3.39. The molecule has 0 aliphatic rings. The smallest absolute Gasteiger partial charge is 0.359 e. The van der Waals surface area contributed by atoms with E-state index < -0.39 is 24.4 Å². The number of hydrogen-bond acceptors (Lipinski definition) is 5. The number of nitrogens with zero attached hydrogens (tertiary/aromatic N) is 3. The summed E-state index contributed by atoms with van der Waals surface area (Å²) in [6, 6.07) is 12.1. The summed E-state index contributed by atoms with van der Waals surface area (Å²) in [6.45, 7) is -0.710. The molecule has 144 valence electrons. The normalized spacial score (nSPS) is 10.5. The molecule has 2 aromatic heterocycles. The van der Waals surface area contributed by atoms with Gasteiger partial charge in [0.05, 0.1) is 17.3 Å². The lowest BCUT2D eigenvalue weighted by Crippen LogP contribution is -2.37. The van der Waals surface area contributed by atoms with Crippen molar-refractivity contribution in [2.24, 2.45) is 0 Å². The maximum Gasteiger partial charge on any atom is 0.359 e. The second-order valence-corrected chi connectivity index (χ2v) is 6.35. The van der Waals surface area contributed by atoms with Crippen molar-refractivity contribution in [2.75, 3.05) is 25.5 Å². The molecule has 0 atom stereocenters. The van der Waals surface area contributed by atoms with E-state index in [2.05, 4.69) is 10.3 Å². The van der Waals surface area contributed by atoms with Crippen molar-refractivity contribution in [2.45, 2.75) is 0 Å². The summed E-state index contributed by atoms with van der Waals surface area (Å²) in [6.07, 6.45) is 3.26. The van der Waals surface area contributed by atoms with E-state index in [0.717, 1.165) is 4.90 Å². The molecular weight excluding hydrogens is 384 g/mol. The zero-order valence-corrected chi connectivity index (χ0v) is 15.7. The lowest BCUT2D eigenvalue weighted by Gasteiger charge is -2.17. The number of esters is 1. The van der Waals surface area contributed by atoms with Crippen LogP contribution in [0.15, 0.2) is 54.9 Å². The van der Waals surface area contributed by atoms with Gasteiger partial charge in [-0.1, -0.05) is 29.8 Å². The number of anilines is 1. The molecule has 2 heterocycles. The molecule has 3 rings (SSSR count). The van der Waals surface area contributed by atoms with Gasteiger partial charge in [0.15, 0.2) is 12.3 Å².